The maximum absolute atomic E-state index is 12.7. The number of benzene rings is 1. The number of hydrogen-bond donors (Lipinski definition) is 2. The van der Waals surface area contributed by atoms with Crippen LogP contribution in [-0.4, -0.2) is 8.42 Å². The molecule has 0 radical (unpaired) electrons. The van der Waals surface area contributed by atoms with E-state index in [-0.39, 0.29) is 0 Å². The number of hydrogen-bond acceptors (Lipinski definition) is 3. The molecule has 4 N–H and O–H groups in total. The smallest absolute Gasteiger partial charge is 0.240 e. The van der Waals surface area contributed by atoms with Crippen molar-refractivity contribution in [3.8, 4) is 0 Å². The Labute approximate surface area is 73.2 Å². The molecule has 0 aliphatic rings. The van der Waals surface area contributed by atoms with Crippen LogP contribution in [-0.2, 0) is 10.0 Å². The zero-order chi connectivity index (χ0) is 10.2. The van der Waals surface area contributed by atoms with Gasteiger partial charge in [0.15, 0.2) is 0 Å². The highest BCUT2D eigenvalue weighted by Crippen LogP contribution is 2.21. The van der Waals surface area contributed by atoms with Gasteiger partial charge in [-0.15, -0.1) is 0 Å². The number of halogens is 2. The summed E-state index contributed by atoms with van der Waals surface area (Å²) in [5, 5.41) is 4.65. The molecule has 4 nitrogen and oxygen atoms in total. The van der Waals surface area contributed by atoms with Crippen molar-refractivity contribution < 1.29 is 17.2 Å². The van der Waals surface area contributed by atoms with E-state index in [0.717, 1.165) is 0 Å². The van der Waals surface area contributed by atoms with Crippen LogP contribution in [0.25, 0.3) is 0 Å². The lowest BCUT2D eigenvalue weighted by atomic mass is 10.3. The number of rotatable bonds is 1. The molecule has 0 bridgehead atoms. The van der Waals surface area contributed by atoms with Crippen molar-refractivity contribution in [2.24, 2.45) is 5.14 Å². The molecule has 0 aromatic heterocycles. The molecule has 0 saturated heterocycles. The van der Waals surface area contributed by atoms with Crippen molar-refractivity contribution >= 4 is 15.7 Å². The van der Waals surface area contributed by atoms with Crippen LogP contribution in [0.4, 0.5) is 14.5 Å². The second-order valence-corrected chi connectivity index (χ2v) is 3.87. The molecule has 1 aromatic rings. The van der Waals surface area contributed by atoms with E-state index in [1.54, 1.807) is 0 Å². The summed E-state index contributed by atoms with van der Waals surface area (Å²) in [7, 11) is -4.18. The van der Waals surface area contributed by atoms with Gasteiger partial charge in [-0.1, -0.05) is 0 Å². The summed E-state index contributed by atoms with van der Waals surface area (Å²) in [5.74, 6) is -2.19. The zero-order valence-electron chi connectivity index (χ0n) is 6.29. The van der Waals surface area contributed by atoms with Gasteiger partial charge in [0, 0.05) is 6.07 Å². The molecule has 1 rings (SSSR count). The minimum Gasteiger partial charge on any atom is -0.395 e. The van der Waals surface area contributed by atoms with Crippen molar-refractivity contribution in [1.82, 2.24) is 0 Å². The Morgan fingerprint density at radius 2 is 1.77 bits per heavy atom. The first-order valence-electron chi connectivity index (χ1n) is 3.09. The van der Waals surface area contributed by atoms with Crippen LogP contribution in [0.15, 0.2) is 17.0 Å². The van der Waals surface area contributed by atoms with Crippen LogP contribution < -0.4 is 10.9 Å². The monoisotopic (exact) mass is 208 g/mol. The first-order valence-corrected chi connectivity index (χ1v) is 4.64. The van der Waals surface area contributed by atoms with Gasteiger partial charge in [-0.3, -0.25) is 0 Å². The van der Waals surface area contributed by atoms with Gasteiger partial charge >= 0.3 is 0 Å². The highest BCUT2D eigenvalue weighted by atomic mass is 32.2. The zero-order valence-corrected chi connectivity index (χ0v) is 7.11. The molecule has 0 saturated carbocycles. The van der Waals surface area contributed by atoms with Crippen LogP contribution in [0.5, 0.6) is 0 Å². The standard InChI is InChI=1S/C6H6F2N2O2S/c7-3-1-4(8)6(9)5(2-3)13(10,11)12/h1-2H,9H2,(H2,10,11,12). The van der Waals surface area contributed by atoms with E-state index in [0.29, 0.717) is 12.1 Å². The third-order valence-corrected chi connectivity index (χ3v) is 2.31. The van der Waals surface area contributed by atoms with E-state index in [1.807, 2.05) is 0 Å². The number of nitrogen functional groups attached to an aromatic ring is 1. The van der Waals surface area contributed by atoms with E-state index < -0.39 is 32.2 Å². The largest absolute Gasteiger partial charge is 0.395 e. The molecule has 0 aliphatic heterocycles. The molecule has 72 valence electrons. The van der Waals surface area contributed by atoms with Crippen molar-refractivity contribution in [2.45, 2.75) is 4.90 Å². The number of primary sulfonamides is 1. The molecule has 0 aliphatic carbocycles. The van der Waals surface area contributed by atoms with E-state index in [9.17, 15) is 17.2 Å². The summed E-state index contributed by atoms with van der Waals surface area (Å²) in [6.45, 7) is 0. The number of anilines is 1. The summed E-state index contributed by atoms with van der Waals surface area (Å²) < 4.78 is 46.7. The molecular formula is C6H6F2N2O2S. The summed E-state index contributed by atoms with van der Waals surface area (Å²) in [6.07, 6.45) is 0. The summed E-state index contributed by atoms with van der Waals surface area (Å²) in [6, 6.07) is 1.04. The lowest BCUT2D eigenvalue weighted by Gasteiger charge is -2.03. The Kier molecular flexibility index (Phi) is 2.22. The Balaban J connectivity index is 3.56. The first kappa shape index (κ1) is 9.87. The van der Waals surface area contributed by atoms with Gasteiger partial charge in [0.25, 0.3) is 0 Å². The third-order valence-electron chi connectivity index (χ3n) is 1.36. The van der Waals surface area contributed by atoms with E-state index in [4.69, 9.17) is 5.73 Å². The normalized spacial score (nSPS) is 11.6. The summed E-state index contributed by atoms with van der Waals surface area (Å²) >= 11 is 0. The van der Waals surface area contributed by atoms with Crippen molar-refractivity contribution in [1.29, 1.82) is 0 Å². The summed E-state index contributed by atoms with van der Waals surface area (Å²) in [4.78, 5) is -0.745. The molecule has 0 fully saturated rings. The fourth-order valence-corrected chi connectivity index (χ4v) is 1.48. The maximum Gasteiger partial charge on any atom is 0.240 e. The fourth-order valence-electron chi connectivity index (χ4n) is 0.797. The molecule has 0 unspecified atom stereocenters. The molecular weight excluding hydrogens is 202 g/mol. The highest BCUT2D eigenvalue weighted by molar-refractivity contribution is 7.89. The van der Waals surface area contributed by atoms with Crippen LogP contribution in [0.2, 0.25) is 0 Å². The van der Waals surface area contributed by atoms with Gasteiger partial charge in [0.05, 0.1) is 5.69 Å². The first-order chi connectivity index (χ1) is 5.82. The van der Waals surface area contributed by atoms with Crippen molar-refractivity contribution in [2.75, 3.05) is 5.73 Å². The van der Waals surface area contributed by atoms with Gasteiger partial charge in [0.2, 0.25) is 10.0 Å². The minimum atomic E-state index is -4.18. The van der Waals surface area contributed by atoms with Crippen molar-refractivity contribution in [3.63, 3.8) is 0 Å². The molecule has 0 amide bonds. The Morgan fingerprint density at radius 3 is 2.23 bits per heavy atom. The molecule has 0 atom stereocenters. The Morgan fingerprint density at radius 1 is 1.23 bits per heavy atom. The summed E-state index contributed by atoms with van der Waals surface area (Å²) in [5.41, 5.74) is 4.36. The average Bonchev–Trinajstić information content (AvgIpc) is 1.94. The molecule has 13 heavy (non-hydrogen) atoms. The van der Waals surface area contributed by atoms with Gasteiger partial charge in [-0.25, -0.2) is 22.3 Å². The topological polar surface area (TPSA) is 86.2 Å². The van der Waals surface area contributed by atoms with Crippen molar-refractivity contribution in [3.05, 3.63) is 23.8 Å². The fraction of sp³-hybridized carbons (Fsp3) is 0. The van der Waals surface area contributed by atoms with E-state index in [2.05, 4.69) is 5.14 Å². The van der Waals surface area contributed by atoms with Gasteiger partial charge < -0.3 is 5.73 Å². The van der Waals surface area contributed by atoms with Crippen LogP contribution in [0.1, 0.15) is 0 Å². The lowest BCUT2D eigenvalue weighted by molar-refractivity contribution is 0.571. The number of sulfonamides is 1. The van der Waals surface area contributed by atoms with Gasteiger partial charge in [0.1, 0.15) is 16.5 Å². The minimum absolute atomic E-state index is 0.476. The van der Waals surface area contributed by atoms with Crippen LogP contribution >= 0.6 is 0 Å². The molecule has 0 spiro atoms. The van der Waals surface area contributed by atoms with Crippen LogP contribution in [0, 0.1) is 11.6 Å². The molecule has 0 heterocycles. The quantitative estimate of drug-likeness (QED) is 0.646. The van der Waals surface area contributed by atoms with E-state index in [1.165, 1.54) is 0 Å². The second kappa shape index (κ2) is 2.93. The number of nitrogens with two attached hydrogens (primary N) is 2. The highest BCUT2D eigenvalue weighted by Gasteiger charge is 2.16. The predicted molar refractivity (Wildman–Crippen MR) is 42.1 cm³/mol. The maximum atomic E-state index is 12.7. The Bertz CT molecular complexity index is 444. The Hall–Kier alpha value is -1.21. The predicted octanol–water partition coefficient (Wildman–Crippen LogP) is 0.194. The van der Waals surface area contributed by atoms with Gasteiger partial charge in [-0.05, 0) is 6.07 Å². The SMILES string of the molecule is Nc1c(F)cc(F)cc1S(N)(=O)=O. The molecule has 7 heteroatoms. The lowest BCUT2D eigenvalue weighted by Crippen LogP contribution is -2.15. The third kappa shape index (κ3) is 1.93. The average molecular weight is 208 g/mol. The van der Waals surface area contributed by atoms with E-state index >= 15 is 0 Å². The van der Waals surface area contributed by atoms with Gasteiger partial charge in [-0.2, -0.15) is 0 Å². The van der Waals surface area contributed by atoms with Crippen LogP contribution in [0.3, 0.4) is 0 Å². The molecule has 1 aromatic carbocycles. The second-order valence-electron chi connectivity index (χ2n) is 2.34.